The number of carbonyl (C=O) groups excluding carboxylic acids is 1. The van der Waals surface area contributed by atoms with E-state index in [-0.39, 0.29) is 18.1 Å². The van der Waals surface area contributed by atoms with Crippen LogP contribution in [0.25, 0.3) is 10.9 Å². The zero-order valence-corrected chi connectivity index (χ0v) is 15.3. The monoisotopic (exact) mass is 374 g/mol. The van der Waals surface area contributed by atoms with Crippen LogP contribution in [-0.2, 0) is 11.2 Å². The lowest BCUT2D eigenvalue weighted by Crippen LogP contribution is -2.49. The predicted octanol–water partition coefficient (Wildman–Crippen LogP) is 3.14. The molecule has 28 heavy (non-hydrogen) atoms. The SMILES string of the molecule is N#Cc1cc2ccccc2nc1N1CCN(C(=O)Cc2ccc(F)cc2)CC1. The van der Waals surface area contributed by atoms with Crippen LogP contribution in [0.5, 0.6) is 0 Å². The Morgan fingerprint density at radius 3 is 2.50 bits per heavy atom. The van der Waals surface area contributed by atoms with Crippen molar-refractivity contribution in [3.63, 3.8) is 0 Å². The number of piperazine rings is 1. The van der Waals surface area contributed by atoms with Gasteiger partial charge in [0.25, 0.3) is 0 Å². The van der Waals surface area contributed by atoms with Gasteiger partial charge < -0.3 is 9.80 Å². The molecule has 2 heterocycles. The van der Waals surface area contributed by atoms with E-state index in [0.717, 1.165) is 16.5 Å². The molecule has 1 aromatic heterocycles. The van der Waals surface area contributed by atoms with E-state index in [0.29, 0.717) is 37.6 Å². The third-order valence-corrected chi connectivity index (χ3v) is 5.02. The van der Waals surface area contributed by atoms with Crippen molar-refractivity contribution in [1.29, 1.82) is 5.26 Å². The van der Waals surface area contributed by atoms with Gasteiger partial charge in [-0.1, -0.05) is 30.3 Å². The highest BCUT2D eigenvalue weighted by molar-refractivity contribution is 5.83. The van der Waals surface area contributed by atoms with E-state index in [1.165, 1.54) is 12.1 Å². The summed E-state index contributed by atoms with van der Waals surface area (Å²) in [4.78, 5) is 21.1. The van der Waals surface area contributed by atoms with Gasteiger partial charge in [-0.15, -0.1) is 0 Å². The largest absolute Gasteiger partial charge is 0.352 e. The second kappa shape index (κ2) is 7.65. The minimum Gasteiger partial charge on any atom is -0.352 e. The van der Waals surface area contributed by atoms with Crippen LogP contribution in [0.2, 0.25) is 0 Å². The molecule has 6 heteroatoms. The van der Waals surface area contributed by atoms with E-state index in [1.807, 2.05) is 35.2 Å². The van der Waals surface area contributed by atoms with Gasteiger partial charge >= 0.3 is 0 Å². The summed E-state index contributed by atoms with van der Waals surface area (Å²) >= 11 is 0. The second-order valence-electron chi connectivity index (χ2n) is 6.84. The third-order valence-electron chi connectivity index (χ3n) is 5.02. The Labute approximate surface area is 162 Å². The van der Waals surface area contributed by atoms with Crippen molar-refractivity contribution >= 4 is 22.6 Å². The quantitative estimate of drug-likeness (QED) is 0.707. The molecular weight excluding hydrogens is 355 g/mol. The zero-order chi connectivity index (χ0) is 19.5. The van der Waals surface area contributed by atoms with Crippen LogP contribution in [0.4, 0.5) is 10.2 Å². The molecular formula is C22H19FN4O. The molecule has 0 radical (unpaired) electrons. The van der Waals surface area contributed by atoms with E-state index in [2.05, 4.69) is 16.0 Å². The topological polar surface area (TPSA) is 60.2 Å². The van der Waals surface area contributed by atoms with Gasteiger partial charge in [0.15, 0.2) is 0 Å². The average molecular weight is 374 g/mol. The van der Waals surface area contributed by atoms with Crippen LogP contribution >= 0.6 is 0 Å². The smallest absolute Gasteiger partial charge is 0.227 e. The molecule has 0 atom stereocenters. The minimum absolute atomic E-state index is 0.0261. The average Bonchev–Trinajstić information content (AvgIpc) is 2.74. The molecule has 1 aliphatic rings. The molecule has 0 bridgehead atoms. The van der Waals surface area contributed by atoms with E-state index in [1.54, 1.807) is 12.1 Å². The van der Waals surface area contributed by atoms with Gasteiger partial charge in [0.1, 0.15) is 17.7 Å². The van der Waals surface area contributed by atoms with Crippen molar-refractivity contribution < 1.29 is 9.18 Å². The number of benzene rings is 2. The number of aromatic nitrogens is 1. The fourth-order valence-corrected chi connectivity index (χ4v) is 3.49. The summed E-state index contributed by atoms with van der Waals surface area (Å²) < 4.78 is 13.0. The van der Waals surface area contributed by atoms with Crippen LogP contribution in [0.3, 0.4) is 0 Å². The standard InChI is InChI=1S/C22H19FN4O/c23-19-7-5-16(6-8-19)13-21(28)26-9-11-27(12-10-26)22-18(15-24)14-17-3-1-2-4-20(17)25-22/h1-8,14H,9-13H2. The van der Waals surface area contributed by atoms with Gasteiger partial charge in [-0.05, 0) is 29.8 Å². The fourth-order valence-electron chi connectivity index (χ4n) is 3.49. The predicted molar refractivity (Wildman–Crippen MR) is 105 cm³/mol. The Bertz CT molecular complexity index is 1050. The molecule has 0 N–H and O–H groups in total. The van der Waals surface area contributed by atoms with Gasteiger partial charge in [-0.2, -0.15) is 5.26 Å². The molecule has 1 aliphatic heterocycles. The molecule has 0 spiro atoms. The summed E-state index contributed by atoms with van der Waals surface area (Å²) in [6.45, 7) is 2.38. The summed E-state index contributed by atoms with van der Waals surface area (Å²) in [7, 11) is 0. The lowest BCUT2D eigenvalue weighted by atomic mass is 10.1. The number of hydrogen-bond donors (Lipinski definition) is 0. The maximum Gasteiger partial charge on any atom is 0.227 e. The summed E-state index contributed by atoms with van der Waals surface area (Å²) in [5.74, 6) is 0.395. The number of pyridine rings is 1. The van der Waals surface area contributed by atoms with E-state index in [9.17, 15) is 14.4 Å². The van der Waals surface area contributed by atoms with E-state index < -0.39 is 0 Å². The maximum atomic E-state index is 13.0. The van der Waals surface area contributed by atoms with Crippen molar-refractivity contribution in [3.05, 3.63) is 71.5 Å². The first kappa shape index (κ1) is 17.9. The summed E-state index contributed by atoms with van der Waals surface area (Å²) in [5, 5.41) is 10.5. The summed E-state index contributed by atoms with van der Waals surface area (Å²) in [5.41, 5.74) is 2.20. The van der Waals surface area contributed by atoms with Gasteiger partial charge in [0.2, 0.25) is 5.91 Å². The van der Waals surface area contributed by atoms with Crippen LogP contribution < -0.4 is 4.90 Å². The number of rotatable bonds is 3. The van der Waals surface area contributed by atoms with Gasteiger partial charge in [0.05, 0.1) is 17.5 Å². The fraction of sp³-hybridized carbons (Fsp3) is 0.227. The van der Waals surface area contributed by atoms with Crippen molar-refractivity contribution in [1.82, 2.24) is 9.88 Å². The van der Waals surface area contributed by atoms with Crippen LogP contribution in [0, 0.1) is 17.1 Å². The van der Waals surface area contributed by atoms with E-state index in [4.69, 9.17) is 0 Å². The zero-order valence-electron chi connectivity index (χ0n) is 15.3. The van der Waals surface area contributed by atoms with Gasteiger partial charge in [-0.25, -0.2) is 9.37 Å². The maximum absolute atomic E-state index is 13.0. The van der Waals surface area contributed by atoms with Crippen molar-refractivity contribution in [3.8, 4) is 6.07 Å². The molecule has 140 valence electrons. The second-order valence-corrected chi connectivity index (χ2v) is 6.84. The number of nitriles is 1. The highest BCUT2D eigenvalue weighted by atomic mass is 19.1. The number of nitrogens with zero attached hydrogens (tertiary/aromatic N) is 4. The number of anilines is 1. The number of hydrogen-bond acceptors (Lipinski definition) is 4. The van der Waals surface area contributed by atoms with Gasteiger partial charge in [0, 0.05) is 31.6 Å². The van der Waals surface area contributed by atoms with Crippen molar-refractivity contribution in [2.24, 2.45) is 0 Å². The number of fused-ring (bicyclic) bond motifs is 1. The van der Waals surface area contributed by atoms with Crippen molar-refractivity contribution in [2.45, 2.75) is 6.42 Å². The van der Waals surface area contributed by atoms with Crippen LogP contribution in [0.1, 0.15) is 11.1 Å². The van der Waals surface area contributed by atoms with E-state index >= 15 is 0 Å². The highest BCUT2D eigenvalue weighted by Gasteiger charge is 2.24. The van der Waals surface area contributed by atoms with Crippen molar-refractivity contribution in [2.75, 3.05) is 31.1 Å². The molecule has 4 rings (SSSR count). The molecule has 0 aliphatic carbocycles. The summed E-state index contributed by atoms with van der Waals surface area (Å²) in [6.07, 6.45) is 0.262. The Balaban J connectivity index is 1.45. The molecule has 1 amide bonds. The lowest BCUT2D eigenvalue weighted by Gasteiger charge is -2.36. The Hall–Kier alpha value is -3.46. The van der Waals surface area contributed by atoms with Crippen LogP contribution in [0.15, 0.2) is 54.6 Å². The molecule has 2 aromatic carbocycles. The molecule has 0 saturated carbocycles. The first-order valence-electron chi connectivity index (χ1n) is 9.21. The number of carbonyl (C=O) groups is 1. The number of para-hydroxylation sites is 1. The Morgan fingerprint density at radius 2 is 1.79 bits per heavy atom. The van der Waals surface area contributed by atoms with Crippen LogP contribution in [-0.4, -0.2) is 42.0 Å². The minimum atomic E-state index is -0.305. The Kier molecular flexibility index (Phi) is 4.90. The lowest BCUT2D eigenvalue weighted by molar-refractivity contribution is -0.130. The molecule has 1 fully saturated rings. The first-order valence-corrected chi connectivity index (χ1v) is 9.21. The first-order chi connectivity index (χ1) is 13.6. The normalized spacial score (nSPS) is 14.1. The highest BCUT2D eigenvalue weighted by Crippen LogP contribution is 2.24. The third kappa shape index (κ3) is 3.65. The molecule has 5 nitrogen and oxygen atoms in total. The van der Waals surface area contributed by atoms with Gasteiger partial charge in [-0.3, -0.25) is 4.79 Å². The Morgan fingerprint density at radius 1 is 1.07 bits per heavy atom. The molecule has 0 unspecified atom stereocenters. The molecule has 3 aromatic rings. The summed E-state index contributed by atoms with van der Waals surface area (Å²) in [6, 6.07) is 17.9. The molecule has 1 saturated heterocycles. The number of halogens is 1. The number of amides is 1.